The first-order valence-corrected chi connectivity index (χ1v) is 8.88. The van der Waals surface area contributed by atoms with Crippen molar-refractivity contribution < 1.29 is 9.18 Å². The number of rotatable bonds is 4. The molecule has 28 heavy (non-hydrogen) atoms. The normalized spacial score (nSPS) is 10.9. The lowest BCUT2D eigenvalue weighted by Crippen LogP contribution is -2.14. The van der Waals surface area contributed by atoms with Gasteiger partial charge in [-0.3, -0.25) is 9.48 Å². The van der Waals surface area contributed by atoms with Crippen LogP contribution in [0.15, 0.2) is 66.9 Å². The highest BCUT2D eigenvalue weighted by atomic mass is 19.1. The monoisotopic (exact) mass is 374 g/mol. The van der Waals surface area contributed by atoms with E-state index in [-0.39, 0.29) is 11.6 Å². The van der Waals surface area contributed by atoms with Gasteiger partial charge in [-0.05, 0) is 54.4 Å². The van der Waals surface area contributed by atoms with Crippen LogP contribution in [0.3, 0.4) is 0 Å². The summed E-state index contributed by atoms with van der Waals surface area (Å²) >= 11 is 0. The van der Waals surface area contributed by atoms with Gasteiger partial charge in [-0.1, -0.05) is 24.3 Å². The molecule has 0 spiro atoms. The summed E-state index contributed by atoms with van der Waals surface area (Å²) in [6.45, 7) is 2.56. The molecule has 0 unspecified atom stereocenters. The molecule has 0 saturated heterocycles. The maximum atomic E-state index is 13.4. The zero-order valence-electron chi connectivity index (χ0n) is 15.3. The summed E-state index contributed by atoms with van der Waals surface area (Å²) in [5.74, 6) is -0.793. The highest BCUT2D eigenvalue weighted by molar-refractivity contribution is 6.05. The number of aromatic nitrogens is 2. The van der Waals surface area contributed by atoms with Crippen molar-refractivity contribution in [2.24, 2.45) is 0 Å². The summed E-state index contributed by atoms with van der Waals surface area (Å²) in [6.07, 6.45) is 1.84. The van der Waals surface area contributed by atoms with E-state index in [1.807, 2.05) is 54.2 Å². The van der Waals surface area contributed by atoms with Gasteiger partial charge in [0, 0.05) is 10.9 Å². The second-order valence-corrected chi connectivity index (χ2v) is 6.69. The number of amides is 1. The molecule has 0 aliphatic carbocycles. The Labute approximate surface area is 161 Å². The Morgan fingerprint density at radius 1 is 1.14 bits per heavy atom. The van der Waals surface area contributed by atoms with Crippen LogP contribution in [0.25, 0.3) is 10.9 Å². The minimum atomic E-state index is -0.456. The van der Waals surface area contributed by atoms with Crippen LogP contribution in [0.4, 0.5) is 15.8 Å². The van der Waals surface area contributed by atoms with E-state index in [0.717, 1.165) is 22.0 Å². The second kappa shape index (κ2) is 7.15. The van der Waals surface area contributed by atoms with Gasteiger partial charge < -0.3 is 11.1 Å². The molecule has 4 aromatic rings. The quantitative estimate of drug-likeness (QED) is 0.521. The van der Waals surface area contributed by atoms with Gasteiger partial charge in [0.2, 0.25) is 0 Å². The molecular formula is C22H19FN4O. The maximum absolute atomic E-state index is 13.4. The predicted octanol–water partition coefficient (Wildman–Crippen LogP) is 4.37. The molecule has 0 atom stereocenters. The average Bonchev–Trinajstić information content (AvgIpc) is 3.09. The zero-order chi connectivity index (χ0) is 19.7. The third-order valence-electron chi connectivity index (χ3n) is 4.74. The third-order valence-corrected chi connectivity index (χ3v) is 4.74. The van der Waals surface area contributed by atoms with Crippen molar-refractivity contribution in [3.8, 4) is 0 Å². The number of fused-ring (bicyclic) bond motifs is 1. The standard InChI is InChI=1S/C22H19FN4O/c1-14-10-15(22(28)26-20-11-18(23)8-9-19(20)24)6-7-17(14)13-27-21-5-3-2-4-16(21)12-25-27/h2-12H,13,24H2,1H3,(H,26,28). The highest BCUT2D eigenvalue weighted by Gasteiger charge is 2.12. The number of hydrogen-bond acceptors (Lipinski definition) is 3. The molecule has 140 valence electrons. The van der Waals surface area contributed by atoms with Crippen molar-refractivity contribution in [3.63, 3.8) is 0 Å². The molecule has 6 heteroatoms. The summed E-state index contributed by atoms with van der Waals surface area (Å²) in [5, 5.41) is 8.20. The van der Waals surface area contributed by atoms with E-state index in [1.165, 1.54) is 18.2 Å². The Hall–Kier alpha value is -3.67. The number of anilines is 2. The van der Waals surface area contributed by atoms with E-state index in [2.05, 4.69) is 10.4 Å². The average molecular weight is 374 g/mol. The van der Waals surface area contributed by atoms with E-state index in [1.54, 1.807) is 6.07 Å². The van der Waals surface area contributed by atoms with Crippen LogP contribution in [-0.4, -0.2) is 15.7 Å². The largest absolute Gasteiger partial charge is 0.397 e. The summed E-state index contributed by atoms with van der Waals surface area (Å²) < 4.78 is 15.3. The molecule has 0 fully saturated rings. The van der Waals surface area contributed by atoms with Gasteiger partial charge in [0.05, 0.1) is 29.6 Å². The summed E-state index contributed by atoms with van der Waals surface area (Å²) in [6, 6.07) is 17.4. The van der Waals surface area contributed by atoms with Crippen LogP contribution in [0, 0.1) is 12.7 Å². The molecule has 5 nitrogen and oxygen atoms in total. The van der Waals surface area contributed by atoms with Crippen molar-refractivity contribution in [2.75, 3.05) is 11.1 Å². The van der Waals surface area contributed by atoms with Crippen LogP contribution in [0.2, 0.25) is 0 Å². The Morgan fingerprint density at radius 3 is 2.79 bits per heavy atom. The van der Waals surface area contributed by atoms with Crippen molar-refractivity contribution in [3.05, 3.63) is 89.4 Å². The van der Waals surface area contributed by atoms with Gasteiger partial charge in [0.25, 0.3) is 5.91 Å². The Balaban J connectivity index is 1.55. The molecular weight excluding hydrogens is 355 g/mol. The number of aryl methyl sites for hydroxylation is 1. The van der Waals surface area contributed by atoms with E-state index in [0.29, 0.717) is 17.8 Å². The van der Waals surface area contributed by atoms with Crippen LogP contribution in [0.1, 0.15) is 21.5 Å². The second-order valence-electron chi connectivity index (χ2n) is 6.69. The molecule has 1 aromatic heterocycles. The number of nitrogens with two attached hydrogens (primary N) is 1. The highest BCUT2D eigenvalue weighted by Crippen LogP contribution is 2.21. The fourth-order valence-electron chi connectivity index (χ4n) is 3.16. The third kappa shape index (κ3) is 3.44. The number of nitrogen functional groups attached to an aromatic ring is 1. The lowest BCUT2D eigenvalue weighted by atomic mass is 10.0. The summed E-state index contributed by atoms with van der Waals surface area (Å²) in [7, 11) is 0. The van der Waals surface area contributed by atoms with Gasteiger partial charge in [0.1, 0.15) is 5.82 Å². The first kappa shape index (κ1) is 17.7. The van der Waals surface area contributed by atoms with E-state index < -0.39 is 5.82 Å². The maximum Gasteiger partial charge on any atom is 0.255 e. The molecule has 0 radical (unpaired) electrons. The number of halogens is 1. The molecule has 3 aromatic carbocycles. The number of carbonyl (C=O) groups excluding carboxylic acids is 1. The summed E-state index contributed by atoms with van der Waals surface area (Å²) in [4.78, 5) is 12.5. The lowest BCUT2D eigenvalue weighted by molar-refractivity contribution is 0.102. The topological polar surface area (TPSA) is 72.9 Å². The number of nitrogens with zero attached hydrogens (tertiary/aromatic N) is 2. The zero-order valence-corrected chi connectivity index (χ0v) is 15.3. The number of nitrogens with one attached hydrogen (secondary N) is 1. The van der Waals surface area contributed by atoms with Crippen molar-refractivity contribution in [1.82, 2.24) is 9.78 Å². The van der Waals surface area contributed by atoms with Gasteiger partial charge >= 0.3 is 0 Å². The number of hydrogen-bond donors (Lipinski definition) is 2. The number of carbonyl (C=O) groups is 1. The first-order valence-electron chi connectivity index (χ1n) is 8.88. The smallest absolute Gasteiger partial charge is 0.255 e. The van der Waals surface area contributed by atoms with E-state index >= 15 is 0 Å². The Bertz CT molecular complexity index is 1180. The van der Waals surface area contributed by atoms with Crippen LogP contribution in [0.5, 0.6) is 0 Å². The summed E-state index contributed by atoms with van der Waals surface area (Å²) in [5.41, 5.74) is 9.95. The molecule has 3 N–H and O–H groups in total. The van der Waals surface area contributed by atoms with Gasteiger partial charge in [-0.2, -0.15) is 5.10 Å². The van der Waals surface area contributed by atoms with E-state index in [9.17, 15) is 9.18 Å². The Kier molecular flexibility index (Phi) is 4.53. The molecule has 0 saturated carbocycles. The van der Waals surface area contributed by atoms with Crippen molar-refractivity contribution >= 4 is 28.2 Å². The lowest BCUT2D eigenvalue weighted by Gasteiger charge is -2.11. The molecule has 0 aliphatic heterocycles. The predicted molar refractivity (Wildman–Crippen MR) is 109 cm³/mol. The van der Waals surface area contributed by atoms with Gasteiger partial charge in [-0.15, -0.1) is 0 Å². The Morgan fingerprint density at radius 2 is 1.96 bits per heavy atom. The molecule has 4 rings (SSSR count). The molecule has 1 amide bonds. The van der Waals surface area contributed by atoms with Crippen molar-refractivity contribution in [1.29, 1.82) is 0 Å². The van der Waals surface area contributed by atoms with Crippen molar-refractivity contribution in [2.45, 2.75) is 13.5 Å². The minimum Gasteiger partial charge on any atom is -0.397 e. The van der Waals surface area contributed by atoms with Gasteiger partial charge in [-0.25, -0.2) is 4.39 Å². The minimum absolute atomic E-state index is 0.259. The number of benzene rings is 3. The van der Waals surface area contributed by atoms with E-state index in [4.69, 9.17) is 5.73 Å². The van der Waals surface area contributed by atoms with Gasteiger partial charge in [0.15, 0.2) is 0 Å². The SMILES string of the molecule is Cc1cc(C(=O)Nc2cc(F)ccc2N)ccc1Cn1ncc2ccccc21. The first-order chi connectivity index (χ1) is 13.5. The molecule has 0 aliphatic rings. The number of para-hydroxylation sites is 1. The fraction of sp³-hybridized carbons (Fsp3) is 0.0909. The molecule has 1 heterocycles. The van der Waals surface area contributed by atoms with Crippen LogP contribution < -0.4 is 11.1 Å². The van der Waals surface area contributed by atoms with Crippen LogP contribution >= 0.6 is 0 Å². The fourth-order valence-corrected chi connectivity index (χ4v) is 3.16. The van der Waals surface area contributed by atoms with Crippen LogP contribution in [-0.2, 0) is 6.54 Å². The molecule has 0 bridgehead atoms.